The standard InChI is InChI=1S/C8HCl2F13O3/c9-2(11,5(10,15)16)3(12,13)7(20,21)26-4(14,6(17,18)19)8(22,23)25-1-24/h1H. The summed E-state index contributed by atoms with van der Waals surface area (Å²) in [6, 6.07) is 0. The fourth-order valence-corrected chi connectivity index (χ4v) is 1.25. The Morgan fingerprint density at radius 2 is 1.08 bits per heavy atom. The Kier molecular flexibility index (Phi) is 6.38. The minimum atomic E-state index is -7.44. The second-order valence-corrected chi connectivity index (χ2v) is 5.08. The van der Waals surface area contributed by atoms with Crippen LogP contribution in [0.15, 0.2) is 0 Å². The van der Waals surface area contributed by atoms with Gasteiger partial charge < -0.3 is 4.74 Å². The number of carbonyl (C=O) groups excluding carboxylic acids is 1. The number of alkyl halides is 15. The van der Waals surface area contributed by atoms with Gasteiger partial charge in [-0.05, 0) is 11.6 Å². The second-order valence-electron chi connectivity index (χ2n) is 4.09. The fourth-order valence-electron chi connectivity index (χ4n) is 1.02. The van der Waals surface area contributed by atoms with Gasteiger partial charge in [0.15, 0.2) is 0 Å². The van der Waals surface area contributed by atoms with E-state index in [0.717, 1.165) is 0 Å². The van der Waals surface area contributed by atoms with Gasteiger partial charge in [0.2, 0.25) is 0 Å². The van der Waals surface area contributed by atoms with Gasteiger partial charge in [0.05, 0.1) is 0 Å². The number of hydrogen-bond acceptors (Lipinski definition) is 3. The van der Waals surface area contributed by atoms with Crippen molar-refractivity contribution in [3.8, 4) is 0 Å². The quantitative estimate of drug-likeness (QED) is 0.290. The van der Waals surface area contributed by atoms with E-state index >= 15 is 0 Å². The molecule has 0 aliphatic heterocycles. The maximum absolute atomic E-state index is 13.4. The largest absolute Gasteiger partial charge is 0.471 e. The summed E-state index contributed by atoms with van der Waals surface area (Å²) in [5, 5.41) is -12.6. The van der Waals surface area contributed by atoms with Crippen LogP contribution in [-0.4, -0.2) is 47.2 Å². The van der Waals surface area contributed by atoms with Crippen LogP contribution >= 0.6 is 23.2 Å². The van der Waals surface area contributed by atoms with Crippen LogP contribution in [-0.2, 0) is 14.3 Å². The lowest BCUT2D eigenvalue weighted by Crippen LogP contribution is -2.67. The molecule has 0 aromatic rings. The molecule has 2 atom stereocenters. The lowest BCUT2D eigenvalue weighted by molar-refractivity contribution is -0.517. The van der Waals surface area contributed by atoms with Crippen molar-refractivity contribution in [2.45, 2.75) is 40.7 Å². The van der Waals surface area contributed by atoms with Crippen molar-refractivity contribution in [1.29, 1.82) is 0 Å². The lowest BCUT2D eigenvalue weighted by Gasteiger charge is -2.39. The Morgan fingerprint density at radius 1 is 0.692 bits per heavy atom. The Morgan fingerprint density at radius 3 is 1.35 bits per heavy atom. The zero-order valence-electron chi connectivity index (χ0n) is 11.0. The number of rotatable bonds is 8. The highest BCUT2D eigenvalue weighted by molar-refractivity contribution is 6.33. The van der Waals surface area contributed by atoms with Crippen LogP contribution in [0.3, 0.4) is 0 Å². The summed E-state index contributed by atoms with van der Waals surface area (Å²) in [7, 11) is 0. The molecule has 0 fully saturated rings. The fraction of sp³-hybridized carbons (Fsp3) is 0.875. The lowest BCUT2D eigenvalue weighted by atomic mass is 10.1. The van der Waals surface area contributed by atoms with E-state index in [2.05, 4.69) is 27.9 Å². The van der Waals surface area contributed by atoms with Crippen molar-refractivity contribution in [3.05, 3.63) is 0 Å². The zero-order valence-corrected chi connectivity index (χ0v) is 12.5. The molecule has 0 saturated heterocycles. The summed E-state index contributed by atoms with van der Waals surface area (Å²) in [6.07, 6.45) is -21.6. The first-order valence-corrected chi connectivity index (χ1v) is 5.92. The Hall–Kier alpha value is -0.900. The van der Waals surface area contributed by atoms with E-state index in [0.29, 0.717) is 0 Å². The highest BCUT2D eigenvalue weighted by Crippen LogP contribution is 2.58. The molecule has 18 heteroatoms. The molecule has 2 unspecified atom stereocenters. The summed E-state index contributed by atoms with van der Waals surface area (Å²) >= 11 is 7.44. The smallest absolute Gasteiger partial charge is 0.398 e. The van der Waals surface area contributed by atoms with Crippen molar-refractivity contribution in [2.24, 2.45) is 0 Å². The molecule has 3 nitrogen and oxygen atoms in total. The van der Waals surface area contributed by atoms with Crippen molar-refractivity contribution in [2.75, 3.05) is 0 Å². The molecule has 0 amide bonds. The normalized spacial score (nSPS) is 19.5. The van der Waals surface area contributed by atoms with E-state index in [9.17, 15) is 61.9 Å². The minimum Gasteiger partial charge on any atom is -0.398 e. The summed E-state index contributed by atoms with van der Waals surface area (Å²) < 4.78 is 170. The van der Waals surface area contributed by atoms with Crippen molar-refractivity contribution >= 4 is 29.7 Å². The molecule has 0 spiro atoms. The molecule has 0 saturated carbocycles. The average molecular weight is 463 g/mol. The third-order valence-electron chi connectivity index (χ3n) is 2.32. The number of halogens is 15. The van der Waals surface area contributed by atoms with Crippen LogP contribution < -0.4 is 0 Å². The van der Waals surface area contributed by atoms with Crippen LogP contribution in [0.4, 0.5) is 57.1 Å². The molecule has 0 bridgehead atoms. The van der Waals surface area contributed by atoms with Gasteiger partial charge in [-0.25, -0.2) is 4.39 Å². The van der Waals surface area contributed by atoms with Gasteiger partial charge in [-0.3, -0.25) is 9.53 Å². The summed E-state index contributed by atoms with van der Waals surface area (Å²) in [5.41, 5.74) is 0. The van der Waals surface area contributed by atoms with Crippen LogP contribution in [0.1, 0.15) is 0 Å². The monoisotopic (exact) mass is 462 g/mol. The third-order valence-corrected chi connectivity index (χ3v) is 3.15. The highest BCUT2D eigenvalue weighted by atomic mass is 35.5. The van der Waals surface area contributed by atoms with Gasteiger partial charge in [0.1, 0.15) is 0 Å². The minimum absolute atomic E-state index is 1.63. The van der Waals surface area contributed by atoms with E-state index in [1.54, 1.807) is 4.74 Å². The average Bonchev–Trinajstić information content (AvgIpc) is 2.34. The van der Waals surface area contributed by atoms with Gasteiger partial charge in [0, 0.05) is 0 Å². The maximum Gasteiger partial charge on any atom is 0.471 e. The molecule has 0 aliphatic carbocycles. The van der Waals surface area contributed by atoms with Crippen LogP contribution in [0.2, 0.25) is 0 Å². The van der Waals surface area contributed by atoms with E-state index < -0.39 is 47.2 Å². The second kappa shape index (κ2) is 6.61. The van der Waals surface area contributed by atoms with E-state index in [1.807, 2.05) is 0 Å². The molecule has 0 heterocycles. The first-order valence-electron chi connectivity index (χ1n) is 5.17. The maximum atomic E-state index is 13.4. The molecule has 0 N–H and O–H groups in total. The molecular weight excluding hydrogens is 462 g/mol. The van der Waals surface area contributed by atoms with Gasteiger partial charge in [0.25, 0.3) is 6.47 Å². The first kappa shape index (κ1) is 25.1. The number of ether oxygens (including phenoxy) is 2. The van der Waals surface area contributed by atoms with E-state index in [1.165, 1.54) is 0 Å². The molecule has 0 radical (unpaired) electrons. The summed E-state index contributed by atoms with van der Waals surface area (Å²) in [5.74, 6) is -14.6. The van der Waals surface area contributed by atoms with Crippen molar-refractivity contribution < 1.29 is 71.3 Å². The van der Waals surface area contributed by atoms with Crippen LogP contribution in [0.5, 0.6) is 0 Å². The molecule has 0 aromatic heterocycles. The Bertz CT molecular complexity index is 528. The predicted molar refractivity (Wildman–Crippen MR) is 53.5 cm³/mol. The van der Waals surface area contributed by atoms with Gasteiger partial charge >= 0.3 is 40.7 Å². The summed E-state index contributed by atoms with van der Waals surface area (Å²) in [4.78, 5) is 9.62. The highest BCUT2D eigenvalue weighted by Gasteiger charge is 2.85. The molecule has 156 valence electrons. The molecule has 0 aliphatic rings. The van der Waals surface area contributed by atoms with Crippen molar-refractivity contribution in [3.63, 3.8) is 0 Å². The van der Waals surface area contributed by atoms with Gasteiger partial charge in [-0.2, -0.15) is 52.7 Å². The topological polar surface area (TPSA) is 35.5 Å². The SMILES string of the molecule is O=COC(F)(F)C(F)(OC(F)(F)C(F)(F)C(F)(Cl)C(F)(F)Cl)C(F)(F)F. The van der Waals surface area contributed by atoms with Crippen LogP contribution in [0, 0.1) is 0 Å². The Balaban J connectivity index is 6.33. The Labute approximate surface area is 142 Å². The van der Waals surface area contributed by atoms with E-state index in [4.69, 9.17) is 0 Å². The summed E-state index contributed by atoms with van der Waals surface area (Å²) in [6.45, 7) is -1.63. The molecule has 26 heavy (non-hydrogen) atoms. The third kappa shape index (κ3) is 3.85. The van der Waals surface area contributed by atoms with Gasteiger partial charge in [-0.15, -0.1) is 0 Å². The molecule has 0 rings (SSSR count). The van der Waals surface area contributed by atoms with Crippen LogP contribution in [0.25, 0.3) is 0 Å². The molecular formula is C8HCl2F13O3. The van der Waals surface area contributed by atoms with Gasteiger partial charge in [-0.1, -0.05) is 11.6 Å². The predicted octanol–water partition coefficient (Wildman–Crippen LogP) is 4.96. The molecule has 0 aromatic carbocycles. The number of hydrogen-bond donors (Lipinski definition) is 0. The van der Waals surface area contributed by atoms with Crippen molar-refractivity contribution in [1.82, 2.24) is 0 Å². The number of carbonyl (C=O) groups is 1. The zero-order chi connectivity index (χ0) is 21.6. The van der Waals surface area contributed by atoms with E-state index in [-0.39, 0.29) is 0 Å². The first-order chi connectivity index (χ1) is 11.0.